The van der Waals surface area contributed by atoms with Crippen molar-refractivity contribution < 1.29 is 19.8 Å². The lowest BCUT2D eigenvalue weighted by atomic mass is 10.1. The molecule has 0 radical (unpaired) electrons. The Morgan fingerprint density at radius 3 is 2.70 bits per heavy atom. The Labute approximate surface area is 115 Å². The summed E-state index contributed by atoms with van der Waals surface area (Å²) in [4.78, 5) is 22.6. The Hall–Kier alpha value is -2.59. The number of urea groups is 1. The number of nitriles is 1. The van der Waals surface area contributed by atoms with Gasteiger partial charge in [-0.1, -0.05) is 12.1 Å². The van der Waals surface area contributed by atoms with Gasteiger partial charge in [-0.15, -0.1) is 0 Å². The van der Waals surface area contributed by atoms with Crippen LogP contribution in [0, 0.1) is 18.3 Å². The fourth-order valence-corrected chi connectivity index (χ4v) is 1.62. The number of hydrogen-bond donors (Lipinski definition) is 4. The molecule has 0 aromatic heterocycles. The zero-order valence-corrected chi connectivity index (χ0v) is 10.9. The molecule has 4 N–H and O–H groups in total. The zero-order chi connectivity index (χ0) is 15.1. The maximum atomic E-state index is 11.7. The highest BCUT2D eigenvalue weighted by Gasteiger charge is 2.19. The van der Waals surface area contributed by atoms with Gasteiger partial charge in [0, 0.05) is 13.0 Å². The molecular weight excluding hydrogens is 262 g/mol. The molecule has 1 aromatic carbocycles. The van der Waals surface area contributed by atoms with Crippen LogP contribution in [-0.2, 0) is 4.79 Å². The fourth-order valence-electron chi connectivity index (χ4n) is 1.62. The van der Waals surface area contributed by atoms with Crippen molar-refractivity contribution >= 4 is 17.7 Å². The molecule has 1 rings (SSSR count). The van der Waals surface area contributed by atoms with Gasteiger partial charge >= 0.3 is 12.0 Å². The highest BCUT2D eigenvalue weighted by Crippen LogP contribution is 2.18. The number of aliphatic carboxylic acids is 1. The normalized spacial score (nSPS) is 11.2. The lowest BCUT2D eigenvalue weighted by Gasteiger charge is -2.15. The van der Waals surface area contributed by atoms with Crippen LogP contribution in [0.3, 0.4) is 0 Å². The van der Waals surface area contributed by atoms with E-state index >= 15 is 0 Å². The second kappa shape index (κ2) is 7.11. The first-order chi connectivity index (χ1) is 9.49. The second-order valence-corrected chi connectivity index (χ2v) is 4.11. The Morgan fingerprint density at radius 2 is 2.15 bits per heavy atom. The van der Waals surface area contributed by atoms with Gasteiger partial charge in [-0.05, 0) is 18.6 Å². The van der Waals surface area contributed by atoms with Crippen molar-refractivity contribution in [3.8, 4) is 6.07 Å². The van der Waals surface area contributed by atoms with E-state index in [1.807, 2.05) is 6.07 Å². The van der Waals surface area contributed by atoms with E-state index in [2.05, 4.69) is 10.6 Å². The highest BCUT2D eigenvalue weighted by molar-refractivity contribution is 5.93. The first kappa shape index (κ1) is 15.5. The summed E-state index contributed by atoms with van der Waals surface area (Å²) in [6.07, 6.45) is -0.0956. The van der Waals surface area contributed by atoms with Crippen LogP contribution < -0.4 is 10.6 Å². The van der Waals surface area contributed by atoms with Crippen LogP contribution in [0.1, 0.15) is 17.5 Å². The number of benzene rings is 1. The molecule has 0 aliphatic carbocycles. The van der Waals surface area contributed by atoms with Gasteiger partial charge in [-0.3, -0.25) is 0 Å². The number of amides is 2. The predicted octanol–water partition coefficient (Wildman–Crippen LogP) is 0.824. The number of aliphatic hydroxyl groups excluding tert-OH is 1. The van der Waals surface area contributed by atoms with E-state index < -0.39 is 18.0 Å². The number of hydrogen-bond acceptors (Lipinski definition) is 4. The summed E-state index contributed by atoms with van der Waals surface area (Å²) >= 11 is 0. The van der Waals surface area contributed by atoms with E-state index in [1.54, 1.807) is 25.1 Å². The molecule has 7 nitrogen and oxygen atoms in total. The molecule has 0 heterocycles. The van der Waals surface area contributed by atoms with Crippen molar-refractivity contribution in [1.82, 2.24) is 5.32 Å². The van der Waals surface area contributed by atoms with Crippen LogP contribution in [0.4, 0.5) is 10.5 Å². The third-order valence-corrected chi connectivity index (χ3v) is 2.65. The van der Waals surface area contributed by atoms with Gasteiger partial charge in [0.05, 0.1) is 11.3 Å². The largest absolute Gasteiger partial charge is 0.480 e. The van der Waals surface area contributed by atoms with E-state index in [1.165, 1.54) is 0 Å². The average Bonchev–Trinajstić information content (AvgIpc) is 2.38. The van der Waals surface area contributed by atoms with Gasteiger partial charge in [0.15, 0.2) is 0 Å². The van der Waals surface area contributed by atoms with Crippen LogP contribution in [0.25, 0.3) is 0 Å². The molecule has 20 heavy (non-hydrogen) atoms. The summed E-state index contributed by atoms with van der Waals surface area (Å²) < 4.78 is 0. The minimum atomic E-state index is -1.24. The summed E-state index contributed by atoms with van der Waals surface area (Å²) in [7, 11) is 0. The minimum absolute atomic E-state index is 0.0956. The van der Waals surface area contributed by atoms with E-state index in [9.17, 15) is 9.59 Å². The molecule has 0 saturated heterocycles. The maximum absolute atomic E-state index is 11.7. The fraction of sp³-hybridized carbons (Fsp3) is 0.308. The lowest BCUT2D eigenvalue weighted by Crippen LogP contribution is -2.43. The summed E-state index contributed by atoms with van der Waals surface area (Å²) in [5.41, 5.74) is 1.32. The number of carbonyl (C=O) groups excluding carboxylic acids is 1. The smallest absolute Gasteiger partial charge is 0.326 e. The molecule has 0 fully saturated rings. The molecule has 2 amide bonds. The Balaban J connectivity index is 2.79. The van der Waals surface area contributed by atoms with Gasteiger partial charge in [-0.2, -0.15) is 5.26 Å². The Kier molecular flexibility index (Phi) is 5.50. The molecule has 1 aromatic rings. The van der Waals surface area contributed by atoms with Crippen molar-refractivity contribution in [2.75, 3.05) is 11.9 Å². The lowest BCUT2D eigenvalue weighted by molar-refractivity contribution is -0.139. The number of nitrogens with one attached hydrogen (secondary N) is 2. The zero-order valence-electron chi connectivity index (χ0n) is 10.9. The number of carboxylic acids is 1. The van der Waals surface area contributed by atoms with Gasteiger partial charge < -0.3 is 20.8 Å². The molecule has 0 aliphatic rings. The SMILES string of the molecule is Cc1cccc(NC(=O)N[C@@H](CCO)C(=O)O)c1C#N. The van der Waals surface area contributed by atoms with Crippen molar-refractivity contribution in [1.29, 1.82) is 5.26 Å². The first-order valence-electron chi connectivity index (χ1n) is 5.90. The molecular formula is C13H15N3O4. The number of aliphatic hydroxyl groups is 1. The minimum Gasteiger partial charge on any atom is -0.480 e. The van der Waals surface area contributed by atoms with Gasteiger partial charge in [0.25, 0.3) is 0 Å². The van der Waals surface area contributed by atoms with E-state index in [-0.39, 0.29) is 13.0 Å². The van der Waals surface area contributed by atoms with Crippen molar-refractivity contribution in [3.05, 3.63) is 29.3 Å². The molecule has 0 spiro atoms. The van der Waals surface area contributed by atoms with Gasteiger partial charge in [-0.25, -0.2) is 9.59 Å². The molecule has 0 unspecified atom stereocenters. The van der Waals surface area contributed by atoms with Crippen LogP contribution in [-0.4, -0.2) is 34.9 Å². The third-order valence-electron chi connectivity index (χ3n) is 2.65. The predicted molar refractivity (Wildman–Crippen MR) is 71.2 cm³/mol. The van der Waals surface area contributed by atoms with Crippen LogP contribution >= 0.6 is 0 Å². The number of nitrogens with zero attached hydrogens (tertiary/aromatic N) is 1. The number of aryl methyl sites for hydroxylation is 1. The Bertz CT molecular complexity index is 551. The van der Waals surface area contributed by atoms with Gasteiger partial charge in [0.1, 0.15) is 12.1 Å². The van der Waals surface area contributed by atoms with Crippen LogP contribution in [0.2, 0.25) is 0 Å². The first-order valence-corrected chi connectivity index (χ1v) is 5.90. The number of carboxylic acid groups (broad SMARTS) is 1. The summed E-state index contributed by atoms with van der Waals surface area (Å²) in [6.45, 7) is 1.37. The molecule has 7 heteroatoms. The number of anilines is 1. The summed E-state index contributed by atoms with van der Waals surface area (Å²) in [5.74, 6) is -1.24. The highest BCUT2D eigenvalue weighted by atomic mass is 16.4. The van der Waals surface area contributed by atoms with Crippen LogP contribution in [0.15, 0.2) is 18.2 Å². The van der Waals surface area contributed by atoms with E-state index in [0.717, 1.165) is 0 Å². The average molecular weight is 277 g/mol. The van der Waals surface area contributed by atoms with Gasteiger partial charge in [0.2, 0.25) is 0 Å². The molecule has 0 saturated carbocycles. The second-order valence-electron chi connectivity index (χ2n) is 4.11. The molecule has 0 aliphatic heterocycles. The molecule has 1 atom stereocenters. The quantitative estimate of drug-likeness (QED) is 0.634. The topological polar surface area (TPSA) is 122 Å². The van der Waals surface area contributed by atoms with Crippen molar-refractivity contribution in [2.24, 2.45) is 0 Å². The number of rotatable bonds is 5. The van der Waals surface area contributed by atoms with Crippen molar-refractivity contribution in [3.63, 3.8) is 0 Å². The van der Waals surface area contributed by atoms with Crippen LogP contribution in [0.5, 0.6) is 0 Å². The number of carbonyl (C=O) groups is 2. The van der Waals surface area contributed by atoms with E-state index in [0.29, 0.717) is 16.8 Å². The Morgan fingerprint density at radius 1 is 1.45 bits per heavy atom. The maximum Gasteiger partial charge on any atom is 0.326 e. The van der Waals surface area contributed by atoms with E-state index in [4.69, 9.17) is 15.5 Å². The summed E-state index contributed by atoms with van der Waals surface area (Å²) in [6, 6.07) is 5.00. The molecule has 0 bridgehead atoms. The standard InChI is InChI=1S/C13H15N3O4/c1-8-3-2-4-10(9(8)7-14)15-13(20)16-11(5-6-17)12(18)19/h2-4,11,17H,5-6H2,1H3,(H,18,19)(H2,15,16,20)/t11-/m0/s1. The monoisotopic (exact) mass is 277 g/mol. The molecule has 106 valence electrons. The van der Waals surface area contributed by atoms with Crippen molar-refractivity contribution in [2.45, 2.75) is 19.4 Å². The third kappa shape index (κ3) is 3.96. The summed E-state index contributed by atoms with van der Waals surface area (Å²) in [5, 5.41) is 31.3.